The van der Waals surface area contributed by atoms with Crippen LogP contribution in [0.2, 0.25) is 5.02 Å². The van der Waals surface area contributed by atoms with Crippen molar-refractivity contribution in [2.24, 2.45) is 5.92 Å². The lowest BCUT2D eigenvalue weighted by Crippen LogP contribution is -2.22. The summed E-state index contributed by atoms with van der Waals surface area (Å²) >= 11 is 9.71. The second-order valence-corrected chi connectivity index (χ2v) is 9.90. The van der Waals surface area contributed by atoms with Gasteiger partial charge < -0.3 is 0 Å². The maximum Gasteiger partial charge on any atom is 0.267 e. The van der Waals surface area contributed by atoms with Crippen molar-refractivity contribution in [2.45, 2.75) is 51.6 Å². The van der Waals surface area contributed by atoms with E-state index >= 15 is 0 Å². The zero-order chi connectivity index (χ0) is 19.1. The minimum Gasteiger partial charge on any atom is -0.268 e. The van der Waals surface area contributed by atoms with Crippen LogP contribution in [0.4, 0.5) is 0 Å². The maximum absolute atomic E-state index is 13.6. The Morgan fingerprint density at radius 3 is 2.96 bits per heavy atom. The van der Waals surface area contributed by atoms with Gasteiger partial charge in [0.1, 0.15) is 4.83 Å². The van der Waals surface area contributed by atoms with E-state index in [9.17, 15) is 4.79 Å². The molecule has 0 amide bonds. The number of aromatic nitrogens is 2. The van der Waals surface area contributed by atoms with Gasteiger partial charge in [0.2, 0.25) is 0 Å². The highest BCUT2D eigenvalue weighted by molar-refractivity contribution is 7.99. The molecule has 27 heavy (non-hydrogen) atoms. The molecule has 3 nitrogen and oxygen atoms in total. The van der Waals surface area contributed by atoms with E-state index in [1.54, 1.807) is 27.7 Å². The summed E-state index contributed by atoms with van der Waals surface area (Å²) in [7, 11) is 0. The fourth-order valence-corrected chi connectivity index (χ4v) is 6.08. The minimum absolute atomic E-state index is 0.0468. The second-order valence-electron chi connectivity index (χ2n) is 7.35. The first-order valence-corrected chi connectivity index (χ1v) is 11.6. The number of benzene rings is 1. The molecule has 2 aromatic heterocycles. The third-order valence-corrected chi connectivity index (χ3v) is 7.85. The molecule has 1 aliphatic carbocycles. The molecular weight excluding hydrogens is 396 g/mol. The first kappa shape index (κ1) is 19.0. The Morgan fingerprint density at radius 2 is 2.22 bits per heavy atom. The molecule has 1 aromatic carbocycles. The molecule has 0 radical (unpaired) electrons. The zero-order valence-corrected chi connectivity index (χ0v) is 18.2. The van der Waals surface area contributed by atoms with Crippen LogP contribution in [0.5, 0.6) is 0 Å². The highest BCUT2D eigenvalue weighted by Gasteiger charge is 2.25. The summed E-state index contributed by atoms with van der Waals surface area (Å²) in [5, 5.41) is 2.26. The highest BCUT2D eigenvalue weighted by atomic mass is 35.5. The molecule has 0 aliphatic heterocycles. The number of thioether (sulfide) groups is 1. The van der Waals surface area contributed by atoms with E-state index in [1.165, 1.54) is 10.4 Å². The van der Waals surface area contributed by atoms with Crippen molar-refractivity contribution in [3.8, 4) is 5.69 Å². The first-order valence-electron chi connectivity index (χ1n) is 9.46. The summed E-state index contributed by atoms with van der Waals surface area (Å²) in [6, 6.07) is 5.81. The lowest BCUT2D eigenvalue weighted by Gasteiger charge is -2.18. The maximum atomic E-state index is 13.6. The molecule has 0 saturated heterocycles. The van der Waals surface area contributed by atoms with Crippen LogP contribution in [0, 0.1) is 12.8 Å². The number of aryl methyl sites for hydroxylation is 2. The van der Waals surface area contributed by atoms with E-state index in [4.69, 9.17) is 16.6 Å². The zero-order valence-electron chi connectivity index (χ0n) is 15.8. The van der Waals surface area contributed by atoms with Gasteiger partial charge in [0.15, 0.2) is 5.16 Å². The molecule has 3 aromatic rings. The van der Waals surface area contributed by atoms with Gasteiger partial charge in [-0.1, -0.05) is 43.3 Å². The van der Waals surface area contributed by atoms with Gasteiger partial charge in [-0.3, -0.25) is 9.36 Å². The smallest absolute Gasteiger partial charge is 0.267 e. The van der Waals surface area contributed by atoms with E-state index < -0.39 is 0 Å². The topological polar surface area (TPSA) is 34.9 Å². The molecule has 1 unspecified atom stereocenters. The number of hydrogen-bond donors (Lipinski definition) is 0. The number of halogens is 1. The molecule has 0 fully saturated rings. The summed E-state index contributed by atoms with van der Waals surface area (Å²) in [6.07, 6.45) is 4.21. The van der Waals surface area contributed by atoms with Crippen molar-refractivity contribution in [1.29, 1.82) is 0 Å². The van der Waals surface area contributed by atoms with Crippen LogP contribution in [0.15, 0.2) is 28.2 Å². The van der Waals surface area contributed by atoms with E-state index in [-0.39, 0.29) is 5.56 Å². The van der Waals surface area contributed by atoms with Crippen molar-refractivity contribution in [1.82, 2.24) is 9.55 Å². The van der Waals surface area contributed by atoms with Crippen molar-refractivity contribution in [3.63, 3.8) is 0 Å². The number of thiophene rings is 1. The molecule has 0 bridgehead atoms. The van der Waals surface area contributed by atoms with Crippen LogP contribution >= 0.6 is 34.7 Å². The quantitative estimate of drug-likeness (QED) is 0.383. The standard InChI is InChI=1S/C21H23ClN2OS2/c1-4-9-26-21-23-19-18(15-8-5-12(2)10-17(15)27-19)20(25)24(21)14-7-6-13(3)16(22)11-14/h6-7,11-12H,4-5,8-10H2,1-3H3. The molecule has 0 spiro atoms. The summed E-state index contributed by atoms with van der Waals surface area (Å²) < 4.78 is 1.76. The monoisotopic (exact) mass is 418 g/mol. The van der Waals surface area contributed by atoms with Gasteiger partial charge in [-0.25, -0.2) is 4.98 Å². The number of fused-ring (bicyclic) bond motifs is 3. The van der Waals surface area contributed by atoms with Crippen LogP contribution in [0.3, 0.4) is 0 Å². The predicted octanol–water partition coefficient (Wildman–Crippen LogP) is 6.04. The summed E-state index contributed by atoms with van der Waals surface area (Å²) in [5.74, 6) is 1.61. The fraction of sp³-hybridized carbons (Fsp3) is 0.429. The lowest BCUT2D eigenvalue weighted by molar-refractivity contribution is 0.509. The molecule has 0 N–H and O–H groups in total. The number of rotatable bonds is 4. The average molecular weight is 419 g/mol. The molecule has 0 saturated carbocycles. The SMILES string of the molecule is CCCSc1nc2sc3c(c2c(=O)n1-c1ccc(C)c(Cl)c1)CCC(C)C3. The average Bonchev–Trinajstić information content (AvgIpc) is 3.00. The van der Waals surface area contributed by atoms with Gasteiger partial charge in [0, 0.05) is 15.7 Å². The normalized spacial score (nSPS) is 16.7. The van der Waals surface area contributed by atoms with Crippen molar-refractivity contribution >= 4 is 44.9 Å². The lowest BCUT2D eigenvalue weighted by atomic mass is 9.89. The molecule has 2 heterocycles. The minimum atomic E-state index is 0.0468. The van der Waals surface area contributed by atoms with Crippen LogP contribution in [-0.4, -0.2) is 15.3 Å². The number of hydrogen-bond acceptors (Lipinski definition) is 4. The summed E-state index contributed by atoms with van der Waals surface area (Å²) in [5.41, 5.74) is 3.08. The molecule has 6 heteroatoms. The Bertz CT molecular complexity index is 1070. The Hall–Kier alpha value is -1.30. The van der Waals surface area contributed by atoms with E-state index in [0.717, 1.165) is 58.1 Å². The van der Waals surface area contributed by atoms with Gasteiger partial charge >= 0.3 is 0 Å². The van der Waals surface area contributed by atoms with Crippen LogP contribution in [0.25, 0.3) is 15.9 Å². The van der Waals surface area contributed by atoms with Crippen molar-refractivity contribution < 1.29 is 0 Å². The predicted molar refractivity (Wildman–Crippen MR) is 117 cm³/mol. The van der Waals surface area contributed by atoms with Gasteiger partial charge in [0.25, 0.3) is 5.56 Å². The summed E-state index contributed by atoms with van der Waals surface area (Å²) in [6.45, 7) is 6.40. The largest absolute Gasteiger partial charge is 0.268 e. The van der Waals surface area contributed by atoms with Crippen molar-refractivity contribution in [3.05, 3.63) is 49.6 Å². The Labute approximate surface area is 172 Å². The first-order chi connectivity index (χ1) is 13.0. The molecule has 1 aliphatic rings. The molecule has 4 rings (SSSR count). The fourth-order valence-electron chi connectivity index (χ4n) is 3.61. The van der Waals surface area contributed by atoms with Gasteiger partial charge in [-0.2, -0.15) is 0 Å². The Kier molecular flexibility index (Phi) is 5.36. The van der Waals surface area contributed by atoms with Crippen molar-refractivity contribution in [2.75, 3.05) is 5.75 Å². The Balaban J connectivity index is 1.98. The number of nitrogens with zero attached hydrogens (tertiary/aromatic N) is 2. The van der Waals surface area contributed by atoms with Gasteiger partial charge in [0.05, 0.1) is 11.1 Å². The van der Waals surface area contributed by atoms with Crippen LogP contribution < -0.4 is 5.56 Å². The van der Waals surface area contributed by atoms with Crippen LogP contribution in [0.1, 0.15) is 42.7 Å². The highest BCUT2D eigenvalue weighted by Crippen LogP contribution is 2.37. The third-order valence-electron chi connectivity index (χ3n) is 5.15. The second kappa shape index (κ2) is 7.61. The Morgan fingerprint density at radius 1 is 1.41 bits per heavy atom. The van der Waals surface area contributed by atoms with Crippen LogP contribution in [-0.2, 0) is 12.8 Å². The van der Waals surface area contributed by atoms with E-state index in [2.05, 4.69) is 13.8 Å². The van der Waals surface area contributed by atoms with E-state index in [1.807, 2.05) is 25.1 Å². The molecule has 1 atom stereocenters. The van der Waals surface area contributed by atoms with Gasteiger partial charge in [-0.15, -0.1) is 11.3 Å². The van der Waals surface area contributed by atoms with E-state index in [0.29, 0.717) is 10.9 Å². The molecular formula is C21H23ClN2OS2. The third kappa shape index (κ3) is 3.45. The summed E-state index contributed by atoms with van der Waals surface area (Å²) in [4.78, 5) is 20.8. The molecule has 142 valence electrons. The van der Waals surface area contributed by atoms with Gasteiger partial charge in [-0.05, 0) is 61.8 Å².